The van der Waals surface area contributed by atoms with Crippen molar-refractivity contribution >= 4 is 45.6 Å². The first-order valence-corrected chi connectivity index (χ1v) is 11.5. The van der Waals surface area contributed by atoms with Crippen molar-refractivity contribution in [2.75, 3.05) is 30.3 Å². The molecule has 0 aliphatic heterocycles. The van der Waals surface area contributed by atoms with Crippen LogP contribution in [0.1, 0.15) is 17.1 Å². The Bertz CT molecular complexity index is 1210. The summed E-state index contributed by atoms with van der Waals surface area (Å²) in [5, 5.41) is 10.9. The van der Waals surface area contributed by atoms with Gasteiger partial charge in [-0.2, -0.15) is 0 Å². The molecule has 4 rings (SSSR count). The molecule has 8 nitrogen and oxygen atoms in total. The third-order valence-corrected chi connectivity index (χ3v) is 5.96. The Morgan fingerprint density at radius 1 is 1.00 bits per heavy atom. The molecule has 33 heavy (non-hydrogen) atoms. The van der Waals surface area contributed by atoms with Gasteiger partial charge in [0.05, 0.1) is 28.6 Å². The molecule has 0 amide bonds. The van der Waals surface area contributed by atoms with Gasteiger partial charge in [-0.05, 0) is 43.9 Å². The number of anilines is 2. The van der Waals surface area contributed by atoms with E-state index in [4.69, 9.17) is 0 Å². The molecule has 0 fully saturated rings. The number of para-hydroxylation sites is 2. The second kappa shape index (κ2) is 11.4. The lowest BCUT2D eigenvalue weighted by molar-refractivity contribution is 0.602. The molecule has 0 spiro atoms. The summed E-state index contributed by atoms with van der Waals surface area (Å²) < 4.78 is 13.8. The Labute approximate surface area is 195 Å². The predicted octanol–water partition coefficient (Wildman–Crippen LogP) is 4.20. The van der Waals surface area contributed by atoms with E-state index in [1.54, 1.807) is 23.6 Å². The molecular weight excluding hydrogens is 439 g/mol. The minimum Gasteiger partial charge on any atom is -0.383 e. The van der Waals surface area contributed by atoms with Crippen LogP contribution in [-0.4, -0.2) is 46.3 Å². The van der Waals surface area contributed by atoms with E-state index in [1.165, 1.54) is 12.4 Å². The SMILES string of the molecule is C=Nc1ccccc1NCCCNCCc1nc2c(NCc3ncccc3F)ncnc2s1. The van der Waals surface area contributed by atoms with Crippen LogP contribution in [0.4, 0.5) is 21.6 Å². The lowest BCUT2D eigenvalue weighted by Gasteiger charge is -2.09. The average Bonchev–Trinajstić information content (AvgIpc) is 3.27. The van der Waals surface area contributed by atoms with Crippen molar-refractivity contribution in [2.24, 2.45) is 4.99 Å². The zero-order chi connectivity index (χ0) is 22.9. The van der Waals surface area contributed by atoms with Gasteiger partial charge in [0.15, 0.2) is 5.82 Å². The van der Waals surface area contributed by atoms with E-state index < -0.39 is 0 Å². The van der Waals surface area contributed by atoms with Crippen LogP contribution < -0.4 is 16.0 Å². The average molecular weight is 465 g/mol. The summed E-state index contributed by atoms with van der Waals surface area (Å²) in [6.07, 6.45) is 4.84. The number of benzene rings is 1. The summed E-state index contributed by atoms with van der Waals surface area (Å²) in [6.45, 7) is 6.39. The number of rotatable bonds is 12. The van der Waals surface area contributed by atoms with E-state index in [1.807, 2.05) is 24.3 Å². The molecule has 0 atom stereocenters. The van der Waals surface area contributed by atoms with Crippen LogP contribution in [0.2, 0.25) is 0 Å². The number of fused-ring (bicyclic) bond motifs is 1. The topological polar surface area (TPSA) is 100 Å². The second-order valence-corrected chi connectivity index (χ2v) is 8.29. The molecule has 1 aromatic carbocycles. The molecule has 0 aliphatic carbocycles. The maximum Gasteiger partial charge on any atom is 0.157 e. The molecule has 10 heteroatoms. The smallest absolute Gasteiger partial charge is 0.157 e. The number of aliphatic imine (C=N–C) groups is 1. The zero-order valence-corrected chi connectivity index (χ0v) is 18.9. The Kier molecular flexibility index (Phi) is 7.83. The predicted molar refractivity (Wildman–Crippen MR) is 132 cm³/mol. The lowest BCUT2D eigenvalue weighted by atomic mass is 10.2. The minimum atomic E-state index is -0.350. The van der Waals surface area contributed by atoms with Crippen molar-refractivity contribution in [1.29, 1.82) is 0 Å². The number of nitrogens with one attached hydrogen (secondary N) is 3. The van der Waals surface area contributed by atoms with Crippen molar-refractivity contribution in [3.8, 4) is 0 Å². The summed E-state index contributed by atoms with van der Waals surface area (Å²) >= 11 is 1.55. The van der Waals surface area contributed by atoms with E-state index in [-0.39, 0.29) is 12.4 Å². The lowest BCUT2D eigenvalue weighted by Crippen LogP contribution is -2.20. The first-order chi connectivity index (χ1) is 16.2. The highest BCUT2D eigenvalue weighted by molar-refractivity contribution is 7.18. The molecule has 0 unspecified atom stereocenters. The molecule has 0 aliphatic rings. The summed E-state index contributed by atoms with van der Waals surface area (Å²) in [7, 11) is 0. The molecular formula is C23H25FN8S. The highest BCUT2D eigenvalue weighted by Gasteiger charge is 2.11. The van der Waals surface area contributed by atoms with E-state index in [0.717, 1.165) is 53.7 Å². The fourth-order valence-corrected chi connectivity index (χ4v) is 4.17. The van der Waals surface area contributed by atoms with Crippen LogP contribution in [0.3, 0.4) is 0 Å². The Morgan fingerprint density at radius 2 is 1.91 bits per heavy atom. The van der Waals surface area contributed by atoms with Crippen molar-refractivity contribution in [2.45, 2.75) is 19.4 Å². The number of aromatic nitrogens is 4. The number of pyridine rings is 1. The fraction of sp³-hybridized carbons (Fsp3) is 0.261. The van der Waals surface area contributed by atoms with Crippen LogP contribution in [0.15, 0.2) is 53.9 Å². The molecule has 4 aromatic rings. The first kappa shape index (κ1) is 22.7. The molecule has 0 bridgehead atoms. The van der Waals surface area contributed by atoms with E-state index in [2.05, 4.69) is 47.6 Å². The monoisotopic (exact) mass is 464 g/mol. The van der Waals surface area contributed by atoms with E-state index in [0.29, 0.717) is 17.0 Å². The van der Waals surface area contributed by atoms with Gasteiger partial charge in [-0.15, -0.1) is 0 Å². The highest BCUT2D eigenvalue weighted by atomic mass is 32.1. The zero-order valence-electron chi connectivity index (χ0n) is 18.1. The van der Waals surface area contributed by atoms with E-state index in [9.17, 15) is 4.39 Å². The van der Waals surface area contributed by atoms with Gasteiger partial charge < -0.3 is 16.0 Å². The van der Waals surface area contributed by atoms with Crippen molar-refractivity contribution in [3.63, 3.8) is 0 Å². The molecule has 3 heterocycles. The number of hydrogen-bond donors (Lipinski definition) is 3. The number of halogens is 1. The van der Waals surface area contributed by atoms with Crippen LogP contribution in [-0.2, 0) is 13.0 Å². The normalized spacial score (nSPS) is 10.9. The quantitative estimate of drug-likeness (QED) is 0.213. The number of hydrogen-bond acceptors (Lipinski definition) is 9. The summed E-state index contributed by atoms with van der Waals surface area (Å²) in [6, 6.07) is 10.8. The van der Waals surface area contributed by atoms with Gasteiger partial charge in [-0.1, -0.05) is 23.5 Å². The van der Waals surface area contributed by atoms with Gasteiger partial charge in [0, 0.05) is 25.7 Å². The van der Waals surface area contributed by atoms with Gasteiger partial charge in [0.1, 0.15) is 22.5 Å². The summed E-state index contributed by atoms with van der Waals surface area (Å²) in [5.41, 5.74) is 2.90. The minimum absolute atomic E-state index is 0.231. The van der Waals surface area contributed by atoms with Crippen molar-refractivity contribution < 1.29 is 4.39 Å². The maximum atomic E-state index is 13.8. The maximum absolute atomic E-state index is 13.8. The fourth-order valence-electron chi connectivity index (χ4n) is 3.27. The second-order valence-electron chi connectivity index (χ2n) is 7.22. The third kappa shape index (κ3) is 6.05. The first-order valence-electron chi connectivity index (χ1n) is 10.7. The highest BCUT2D eigenvalue weighted by Crippen LogP contribution is 2.25. The Hall–Kier alpha value is -3.50. The Balaban J connectivity index is 1.23. The largest absolute Gasteiger partial charge is 0.383 e. The molecule has 3 N–H and O–H groups in total. The van der Waals surface area contributed by atoms with Crippen molar-refractivity contribution in [3.05, 3.63) is 65.4 Å². The third-order valence-electron chi connectivity index (χ3n) is 4.93. The van der Waals surface area contributed by atoms with Gasteiger partial charge >= 0.3 is 0 Å². The molecule has 0 radical (unpaired) electrons. The molecule has 3 aromatic heterocycles. The van der Waals surface area contributed by atoms with Crippen LogP contribution in [0.25, 0.3) is 10.3 Å². The van der Waals surface area contributed by atoms with Gasteiger partial charge in [0.2, 0.25) is 0 Å². The number of nitrogens with zero attached hydrogens (tertiary/aromatic N) is 5. The standard InChI is InChI=1S/C23H25FN8S/c1-25-17-7-2-3-8-18(17)27-12-5-10-26-13-9-20-32-21-22(30-15-31-23(21)33-20)29-14-19-16(24)6-4-11-28-19/h2-4,6-8,11,15,26-27H,1,5,9-10,12-14H2,(H,29,30,31). The molecule has 0 saturated carbocycles. The van der Waals surface area contributed by atoms with E-state index >= 15 is 0 Å². The Morgan fingerprint density at radius 3 is 2.79 bits per heavy atom. The van der Waals surface area contributed by atoms with Crippen molar-refractivity contribution in [1.82, 2.24) is 25.3 Å². The van der Waals surface area contributed by atoms with Gasteiger partial charge in [-0.25, -0.2) is 19.3 Å². The summed E-state index contributed by atoms with van der Waals surface area (Å²) in [4.78, 5) is 22.2. The van der Waals surface area contributed by atoms with Gasteiger partial charge in [-0.3, -0.25) is 9.98 Å². The summed E-state index contributed by atoms with van der Waals surface area (Å²) in [5.74, 6) is 0.234. The van der Waals surface area contributed by atoms with Crippen LogP contribution >= 0.6 is 11.3 Å². The van der Waals surface area contributed by atoms with Crippen LogP contribution in [0.5, 0.6) is 0 Å². The number of thiazole rings is 1. The van der Waals surface area contributed by atoms with Crippen LogP contribution in [0, 0.1) is 5.82 Å². The van der Waals surface area contributed by atoms with Gasteiger partial charge in [0.25, 0.3) is 0 Å². The molecule has 170 valence electrons. The molecule has 0 saturated heterocycles.